The fourth-order valence-electron chi connectivity index (χ4n) is 3.27. The number of anilines is 2. The Bertz CT molecular complexity index is 701. The Morgan fingerprint density at radius 2 is 1.79 bits per heavy atom. The van der Waals surface area contributed by atoms with Gasteiger partial charge in [0.15, 0.2) is 0 Å². The lowest BCUT2D eigenvalue weighted by Gasteiger charge is -2.36. The van der Waals surface area contributed by atoms with Gasteiger partial charge in [-0.3, -0.25) is 4.90 Å². The van der Waals surface area contributed by atoms with Crippen molar-refractivity contribution in [1.29, 1.82) is 0 Å². The molecule has 3 rings (SSSR count). The van der Waals surface area contributed by atoms with E-state index in [1.165, 1.54) is 11.1 Å². The van der Waals surface area contributed by atoms with Gasteiger partial charge in [-0.25, -0.2) is 0 Å². The minimum absolute atomic E-state index is 0.399. The number of nitrogens with two attached hydrogens (primary N) is 2. The van der Waals surface area contributed by atoms with Crippen LogP contribution in [0.15, 0.2) is 42.5 Å². The third kappa shape index (κ3) is 3.49. The summed E-state index contributed by atoms with van der Waals surface area (Å²) in [6.45, 7) is 7.26. The van der Waals surface area contributed by atoms with Gasteiger partial charge in [0.05, 0.1) is 18.0 Å². The summed E-state index contributed by atoms with van der Waals surface area (Å²) in [6.07, 6.45) is 1.12. The summed E-state index contributed by atoms with van der Waals surface area (Å²) in [5.41, 5.74) is 15.8. The van der Waals surface area contributed by atoms with E-state index in [1.54, 1.807) is 6.07 Å². The third-order valence-electron chi connectivity index (χ3n) is 5.16. The van der Waals surface area contributed by atoms with Crippen molar-refractivity contribution < 1.29 is 4.74 Å². The maximum Gasteiger partial charge on any atom is 0.144 e. The Morgan fingerprint density at radius 3 is 2.58 bits per heavy atom. The zero-order valence-electron chi connectivity index (χ0n) is 14.5. The maximum absolute atomic E-state index is 5.98. The van der Waals surface area contributed by atoms with Crippen LogP contribution in [0.25, 0.3) is 0 Å². The summed E-state index contributed by atoms with van der Waals surface area (Å²) in [7, 11) is 0. The van der Waals surface area contributed by atoms with E-state index in [1.807, 2.05) is 12.1 Å². The number of hydrogen-bond donors (Lipinski definition) is 2. The van der Waals surface area contributed by atoms with Crippen molar-refractivity contribution in [3.05, 3.63) is 53.6 Å². The molecular weight excluding hydrogens is 298 g/mol. The van der Waals surface area contributed by atoms with Crippen molar-refractivity contribution in [2.24, 2.45) is 5.92 Å². The van der Waals surface area contributed by atoms with Crippen LogP contribution < -0.4 is 16.2 Å². The van der Waals surface area contributed by atoms with Gasteiger partial charge >= 0.3 is 0 Å². The Morgan fingerprint density at radius 1 is 1.04 bits per heavy atom. The molecule has 0 aliphatic carbocycles. The van der Waals surface area contributed by atoms with Gasteiger partial charge in [0, 0.05) is 25.0 Å². The highest BCUT2D eigenvalue weighted by Gasteiger charge is 2.24. The maximum atomic E-state index is 5.98. The van der Waals surface area contributed by atoms with E-state index in [4.69, 9.17) is 16.2 Å². The fourth-order valence-corrected chi connectivity index (χ4v) is 3.27. The molecule has 0 saturated carbocycles. The van der Waals surface area contributed by atoms with Crippen LogP contribution in [0.3, 0.4) is 0 Å². The second-order valence-electron chi connectivity index (χ2n) is 6.78. The molecule has 128 valence electrons. The van der Waals surface area contributed by atoms with E-state index in [-0.39, 0.29) is 0 Å². The van der Waals surface area contributed by atoms with Crippen LogP contribution in [0.4, 0.5) is 11.4 Å². The van der Waals surface area contributed by atoms with Crippen molar-refractivity contribution in [1.82, 2.24) is 4.90 Å². The van der Waals surface area contributed by atoms with E-state index in [0.717, 1.165) is 19.5 Å². The zero-order valence-corrected chi connectivity index (χ0v) is 14.5. The van der Waals surface area contributed by atoms with Crippen molar-refractivity contribution in [2.75, 3.05) is 24.6 Å². The van der Waals surface area contributed by atoms with Crippen LogP contribution in [0.1, 0.15) is 25.0 Å². The van der Waals surface area contributed by atoms with Gasteiger partial charge in [0.25, 0.3) is 0 Å². The molecule has 4 N–H and O–H groups in total. The second-order valence-corrected chi connectivity index (χ2v) is 6.78. The number of nitrogens with zero attached hydrogens (tertiary/aromatic N) is 1. The largest absolute Gasteiger partial charge is 0.491 e. The number of fused-ring (bicyclic) bond motifs is 1. The topological polar surface area (TPSA) is 64.5 Å². The molecule has 0 amide bonds. The summed E-state index contributed by atoms with van der Waals surface area (Å²) in [6, 6.07) is 14.7. The minimum Gasteiger partial charge on any atom is -0.491 e. The predicted octanol–water partition coefficient (Wildman–Crippen LogP) is 3.31. The average Bonchev–Trinajstić information content (AvgIpc) is 2.61. The van der Waals surface area contributed by atoms with E-state index >= 15 is 0 Å². The van der Waals surface area contributed by atoms with E-state index in [0.29, 0.717) is 35.7 Å². The van der Waals surface area contributed by atoms with Crippen molar-refractivity contribution >= 4 is 11.4 Å². The molecule has 4 heteroatoms. The summed E-state index contributed by atoms with van der Waals surface area (Å²) >= 11 is 0. The van der Waals surface area contributed by atoms with Crippen LogP contribution in [0.2, 0.25) is 0 Å². The molecule has 1 aliphatic rings. The first-order chi connectivity index (χ1) is 11.6. The molecule has 2 aromatic carbocycles. The molecule has 24 heavy (non-hydrogen) atoms. The first kappa shape index (κ1) is 16.7. The van der Waals surface area contributed by atoms with Crippen LogP contribution in [0, 0.1) is 5.92 Å². The highest BCUT2D eigenvalue weighted by Crippen LogP contribution is 2.28. The van der Waals surface area contributed by atoms with E-state index in [2.05, 4.69) is 43.0 Å². The summed E-state index contributed by atoms with van der Waals surface area (Å²) in [4.78, 5) is 2.54. The predicted molar refractivity (Wildman–Crippen MR) is 99.9 cm³/mol. The Balaban J connectivity index is 1.59. The first-order valence-electron chi connectivity index (χ1n) is 8.64. The molecule has 1 heterocycles. The average molecular weight is 325 g/mol. The van der Waals surface area contributed by atoms with Crippen molar-refractivity contribution in [3.63, 3.8) is 0 Å². The molecule has 4 nitrogen and oxygen atoms in total. The lowest BCUT2D eigenvalue weighted by Crippen LogP contribution is -2.42. The van der Waals surface area contributed by atoms with Gasteiger partial charge < -0.3 is 16.2 Å². The van der Waals surface area contributed by atoms with Gasteiger partial charge in [-0.1, -0.05) is 37.3 Å². The molecule has 2 aromatic rings. The van der Waals surface area contributed by atoms with Crippen LogP contribution >= 0.6 is 0 Å². The molecular formula is C20H27N3O. The number of hydrogen-bond acceptors (Lipinski definition) is 4. The summed E-state index contributed by atoms with van der Waals surface area (Å²) < 4.78 is 5.93. The van der Waals surface area contributed by atoms with Crippen LogP contribution in [-0.4, -0.2) is 24.1 Å². The SMILES string of the molecule is CC(COc1cccc(N)c1N)C(C)N1CCc2ccccc2C1. The molecule has 1 aliphatic heterocycles. The third-order valence-corrected chi connectivity index (χ3v) is 5.16. The molecule has 0 radical (unpaired) electrons. The van der Waals surface area contributed by atoms with Gasteiger partial charge in [-0.2, -0.15) is 0 Å². The van der Waals surface area contributed by atoms with Gasteiger partial charge in [0.1, 0.15) is 5.75 Å². The number of para-hydroxylation sites is 1. The number of ether oxygens (including phenoxy) is 1. The zero-order chi connectivity index (χ0) is 17.1. The fraction of sp³-hybridized carbons (Fsp3) is 0.400. The van der Waals surface area contributed by atoms with Crippen molar-refractivity contribution in [3.8, 4) is 5.75 Å². The number of rotatable bonds is 5. The highest BCUT2D eigenvalue weighted by molar-refractivity contribution is 5.70. The summed E-state index contributed by atoms with van der Waals surface area (Å²) in [5.74, 6) is 1.08. The molecule has 0 saturated heterocycles. The first-order valence-corrected chi connectivity index (χ1v) is 8.64. The Kier molecular flexibility index (Phi) is 4.95. The van der Waals surface area contributed by atoms with E-state index in [9.17, 15) is 0 Å². The molecule has 0 bridgehead atoms. The second kappa shape index (κ2) is 7.14. The lowest BCUT2D eigenvalue weighted by molar-refractivity contribution is 0.114. The van der Waals surface area contributed by atoms with Crippen molar-refractivity contribution in [2.45, 2.75) is 32.9 Å². The monoisotopic (exact) mass is 325 g/mol. The standard InChI is InChI=1S/C20H27N3O/c1-14(13-24-19-9-5-8-18(21)20(19)22)15(2)23-11-10-16-6-3-4-7-17(16)12-23/h3-9,14-15H,10-13,21-22H2,1-2H3. The quantitative estimate of drug-likeness (QED) is 0.828. The molecule has 0 fully saturated rings. The molecule has 2 unspecified atom stereocenters. The van der Waals surface area contributed by atoms with E-state index < -0.39 is 0 Å². The van der Waals surface area contributed by atoms with Crippen LogP contribution in [-0.2, 0) is 13.0 Å². The lowest BCUT2D eigenvalue weighted by atomic mass is 9.95. The van der Waals surface area contributed by atoms with Gasteiger partial charge in [0.2, 0.25) is 0 Å². The number of benzene rings is 2. The Hall–Kier alpha value is -2.20. The van der Waals surface area contributed by atoms with Crippen LogP contribution in [0.5, 0.6) is 5.75 Å². The Labute approximate surface area is 144 Å². The number of nitrogen functional groups attached to an aromatic ring is 2. The normalized spacial score (nSPS) is 17.1. The van der Waals surface area contributed by atoms with Gasteiger partial charge in [-0.05, 0) is 36.6 Å². The smallest absolute Gasteiger partial charge is 0.144 e. The highest BCUT2D eigenvalue weighted by atomic mass is 16.5. The minimum atomic E-state index is 0.399. The molecule has 2 atom stereocenters. The molecule has 0 aromatic heterocycles. The summed E-state index contributed by atoms with van der Waals surface area (Å²) in [5, 5.41) is 0. The molecule has 0 spiro atoms. The van der Waals surface area contributed by atoms with Gasteiger partial charge in [-0.15, -0.1) is 0 Å².